The highest BCUT2D eigenvalue weighted by atomic mass is 35.5. The second kappa shape index (κ2) is 6.13. The van der Waals surface area contributed by atoms with E-state index < -0.39 is 5.69 Å². The van der Waals surface area contributed by atoms with E-state index in [0.717, 1.165) is 15.8 Å². The predicted octanol–water partition coefficient (Wildman–Crippen LogP) is 2.59. The predicted molar refractivity (Wildman–Crippen MR) is 96.3 cm³/mol. The summed E-state index contributed by atoms with van der Waals surface area (Å²) in [6.45, 7) is 1.98. The van der Waals surface area contributed by atoms with Gasteiger partial charge in [0.25, 0.3) is 5.56 Å². The summed E-state index contributed by atoms with van der Waals surface area (Å²) in [6.07, 6.45) is 2.38. The molecule has 7 heteroatoms. The van der Waals surface area contributed by atoms with E-state index in [1.54, 1.807) is 25.4 Å². The third-order valence-electron chi connectivity index (χ3n) is 4.02. The van der Waals surface area contributed by atoms with Gasteiger partial charge in [-0.3, -0.25) is 13.9 Å². The third kappa shape index (κ3) is 2.59. The van der Waals surface area contributed by atoms with Crippen LogP contribution in [0, 0.1) is 0 Å². The summed E-state index contributed by atoms with van der Waals surface area (Å²) in [5.41, 5.74) is 1.88. The maximum absolute atomic E-state index is 12.7. The Kier molecular flexibility index (Phi) is 4.15. The van der Waals surface area contributed by atoms with Gasteiger partial charge in [-0.25, -0.2) is 9.78 Å². The molecule has 0 saturated carbocycles. The molecule has 0 saturated heterocycles. The van der Waals surface area contributed by atoms with E-state index in [2.05, 4.69) is 10.3 Å². The molecule has 0 aliphatic rings. The van der Waals surface area contributed by atoms with Crippen molar-refractivity contribution in [1.29, 1.82) is 0 Å². The van der Waals surface area contributed by atoms with E-state index in [1.807, 2.05) is 19.1 Å². The fourth-order valence-electron chi connectivity index (χ4n) is 2.69. The van der Waals surface area contributed by atoms with Gasteiger partial charge in [0.2, 0.25) is 0 Å². The molecular formula is C17H17ClN4O2. The third-order valence-corrected chi connectivity index (χ3v) is 4.26. The number of aromatic nitrogens is 3. The smallest absolute Gasteiger partial charge is 0.332 e. The molecule has 0 unspecified atom stereocenters. The largest absolute Gasteiger partial charge is 0.354 e. The summed E-state index contributed by atoms with van der Waals surface area (Å²) in [5.74, 6) is 0. The summed E-state index contributed by atoms with van der Waals surface area (Å²) in [5, 5.41) is 4.25. The molecular weight excluding hydrogens is 328 g/mol. The first-order valence-electron chi connectivity index (χ1n) is 7.54. The van der Waals surface area contributed by atoms with E-state index in [9.17, 15) is 9.59 Å². The average Bonchev–Trinajstić information content (AvgIpc) is 2.57. The molecule has 2 aromatic heterocycles. The fourth-order valence-corrected chi connectivity index (χ4v) is 2.88. The average molecular weight is 345 g/mol. The van der Waals surface area contributed by atoms with E-state index in [-0.39, 0.29) is 5.56 Å². The SMILES string of the molecule is CCc1cnc2c(c1Nc1cccc(Cl)c1)c(=O)n(C)c(=O)n2C. The first-order valence-corrected chi connectivity index (χ1v) is 7.92. The summed E-state index contributed by atoms with van der Waals surface area (Å²) in [7, 11) is 3.07. The number of hydrogen-bond acceptors (Lipinski definition) is 4. The number of halogens is 1. The molecule has 3 rings (SSSR count). The molecule has 2 heterocycles. The van der Waals surface area contributed by atoms with Gasteiger partial charge in [-0.15, -0.1) is 0 Å². The van der Waals surface area contributed by atoms with Gasteiger partial charge in [0, 0.05) is 31.0 Å². The topological polar surface area (TPSA) is 68.9 Å². The lowest BCUT2D eigenvalue weighted by molar-refractivity contribution is 0.707. The van der Waals surface area contributed by atoms with Crippen LogP contribution in [0.2, 0.25) is 5.02 Å². The van der Waals surface area contributed by atoms with Crippen LogP contribution in [0.15, 0.2) is 40.1 Å². The van der Waals surface area contributed by atoms with Crippen LogP contribution in [0.1, 0.15) is 12.5 Å². The Morgan fingerprint density at radius 2 is 1.96 bits per heavy atom. The Morgan fingerprint density at radius 1 is 1.21 bits per heavy atom. The number of rotatable bonds is 3. The highest BCUT2D eigenvalue weighted by Gasteiger charge is 2.16. The van der Waals surface area contributed by atoms with Gasteiger partial charge >= 0.3 is 5.69 Å². The van der Waals surface area contributed by atoms with Gasteiger partial charge in [-0.1, -0.05) is 24.6 Å². The summed E-state index contributed by atoms with van der Waals surface area (Å²) < 4.78 is 2.46. The molecule has 0 atom stereocenters. The Morgan fingerprint density at radius 3 is 2.62 bits per heavy atom. The first kappa shape index (κ1) is 16.3. The molecule has 0 aliphatic carbocycles. The zero-order chi connectivity index (χ0) is 17.4. The Labute approximate surface area is 143 Å². The number of fused-ring (bicyclic) bond motifs is 1. The molecule has 0 fully saturated rings. The zero-order valence-corrected chi connectivity index (χ0v) is 14.4. The first-order chi connectivity index (χ1) is 11.4. The quantitative estimate of drug-likeness (QED) is 0.793. The number of pyridine rings is 1. The summed E-state index contributed by atoms with van der Waals surface area (Å²) in [4.78, 5) is 29.1. The van der Waals surface area contributed by atoms with Crippen LogP contribution in [-0.2, 0) is 20.5 Å². The standard InChI is InChI=1S/C17H17ClN4O2/c1-4-10-9-19-15-13(16(23)22(3)17(24)21(15)2)14(10)20-12-7-5-6-11(18)8-12/h5-9H,4H2,1-3H3,(H,19,20). The highest BCUT2D eigenvalue weighted by Crippen LogP contribution is 2.27. The van der Waals surface area contributed by atoms with Gasteiger partial charge in [-0.2, -0.15) is 0 Å². The number of anilines is 2. The van der Waals surface area contributed by atoms with Crippen LogP contribution in [0.4, 0.5) is 11.4 Å². The normalized spacial score (nSPS) is 11.0. The van der Waals surface area contributed by atoms with Crippen molar-refractivity contribution in [2.75, 3.05) is 5.32 Å². The minimum absolute atomic E-state index is 0.352. The fraction of sp³-hybridized carbons (Fsp3) is 0.235. The summed E-state index contributed by atoms with van der Waals surface area (Å²) in [6, 6.07) is 7.25. The van der Waals surface area contributed by atoms with Crippen molar-refractivity contribution in [2.24, 2.45) is 14.1 Å². The summed E-state index contributed by atoms with van der Waals surface area (Å²) >= 11 is 6.04. The van der Waals surface area contributed by atoms with Crippen LogP contribution in [0.25, 0.3) is 11.0 Å². The molecule has 1 N–H and O–H groups in total. The molecule has 124 valence electrons. The van der Waals surface area contributed by atoms with E-state index in [4.69, 9.17) is 11.6 Å². The number of nitrogens with one attached hydrogen (secondary N) is 1. The van der Waals surface area contributed by atoms with Crippen molar-refractivity contribution < 1.29 is 0 Å². The van der Waals surface area contributed by atoms with Crippen molar-refractivity contribution in [2.45, 2.75) is 13.3 Å². The second-order valence-corrected chi connectivity index (χ2v) is 5.99. The van der Waals surface area contributed by atoms with Gasteiger partial charge < -0.3 is 5.32 Å². The highest BCUT2D eigenvalue weighted by molar-refractivity contribution is 6.30. The molecule has 1 aromatic carbocycles. The number of nitrogens with zero attached hydrogens (tertiary/aromatic N) is 3. The molecule has 0 amide bonds. The Bertz CT molecular complexity index is 1050. The maximum atomic E-state index is 12.7. The van der Waals surface area contributed by atoms with Crippen LogP contribution < -0.4 is 16.6 Å². The monoisotopic (exact) mass is 344 g/mol. The van der Waals surface area contributed by atoms with E-state index >= 15 is 0 Å². The number of aryl methyl sites for hydroxylation is 2. The van der Waals surface area contributed by atoms with Crippen molar-refractivity contribution >= 4 is 34.0 Å². The van der Waals surface area contributed by atoms with Crippen molar-refractivity contribution in [3.05, 3.63) is 61.9 Å². The van der Waals surface area contributed by atoms with Gasteiger partial charge in [0.15, 0.2) is 5.65 Å². The van der Waals surface area contributed by atoms with E-state index in [0.29, 0.717) is 28.2 Å². The van der Waals surface area contributed by atoms with Crippen molar-refractivity contribution in [3.8, 4) is 0 Å². The van der Waals surface area contributed by atoms with Gasteiger partial charge in [-0.05, 0) is 30.2 Å². The molecule has 0 aliphatic heterocycles. The molecule has 6 nitrogen and oxygen atoms in total. The molecule has 0 spiro atoms. The van der Waals surface area contributed by atoms with Crippen molar-refractivity contribution in [1.82, 2.24) is 14.1 Å². The number of hydrogen-bond donors (Lipinski definition) is 1. The van der Waals surface area contributed by atoms with E-state index in [1.165, 1.54) is 11.6 Å². The Balaban J connectivity index is 2.36. The van der Waals surface area contributed by atoms with Crippen LogP contribution >= 0.6 is 11.6 Å². The Hall–Kier alpha value is -2.60. The number of benzene rings is 1. The lowest BCUT2D eigenvalue weighted by Crippen LogP contribution is -2.37. The van der Waals surface area contributed by atoms with Gasteiger partial charge in [0.1, 0.15) is 5.39 Å². The second-order valence-electron chi connectivity index (χ2n) is 5.55. The molecule has 3 aromatic rings. The van der Waals surface area contributed by atoms with Crippen LogP contribution in [0.5, 0.6) is 0 Å². The van der Waals surface area contributed by atoms with Crippen LogP contribution in [-0.4, -0.2) is 14.1 Å². The molecule has 24 heavy (non-hydrogen) atoms. The molecule has 0 bridgehead atoms. The maximum Gasteiger partial charge on any atom is 0.332 e. The van der Waals surface area contributed by atoms with Gasteiger partial charge in [0.05, 0.1) is 5.69 Å². The van der Waals surface area contributed by atoms with Crippen LogP contribution in [0.3, 0.4) is 0 Å². The minimum Gasteiger partial charge on any atom is -0.354 e. The minimum atomic E-state index is -0.405. The molecule has 0 radical (unpaired) electrons. The zero-order valence-electron chi connectivity index (χ0n) is 13.6. The lowest BCUT2D eigenvalue weighted by atomic mass is 10.1. The van der Waals surface area contributed by atoms with Crippen molar-refractivity contribution in [3.63, 3.8) is 0 Å². The lowest BCUT2D eigenvalue weighted by Gasteiger charge is -2.15.